The van der Waals surface area contributed by atoms with Crippen molar-refractivity contribution < 1.29 is 4.79 Å². The van der Waals surface area contributed by atoms with Crippen LogP contribution >= 0.6 is 12.2 Å². The predicted molar refractivity (Wildman–Crippen MR) is 117 cm³/mol. The minimum absolute atomic E-state index is 0.252. The number of aromatic amines is 1. The molecule has 2 aromatic heterocycles. The van der Waals surface area contributed by atoms with E-state index in [1.165, 1.54) is 11.1 Å². The molecule has 0 fully saturated rings. The summed E-state index contributed by atoms with van der Waals surface area (Å²) in [7, 11) is 0. The van der Waals surface area contributed by atoms with Gasteiger partial charge in [0.2, 0.25) is 0 Å². The number of hydrogen-bond donors (Lipinski definition) is 2. The van der Waals surface area contributed by atoms with Crippen LogP contribution in [0.25, 0.3) is 11.0 Å². The van der Waals surface area contributed by atoms with Gasteiger partial charge in [0.15, 0.2) is 0 Å². The largest absolute Gasteiger partial charge is 0.346 e. The number of hydrogen-bond acceptors (Lipinski definition) is 3. The zero-order valence-corrected chi connectivity index (χ0v) is 16.7. The Kier molecular flexibility index (Phi) is 6.94. The molecule has 3 aromatic rings. The number of nitrogens with zero attached hydrogens (tertiary/aromatic N) is 1. The lowest BCUT2D eigenvalue weighted by Crippen LogP contribution is -2.23. The minimum atomic E-state index is -0.252. The fourth-order valence-corrected chi connectivity index (χ4v) is 3.18. The number of rotatable bonds is 7. The first-order chi connectivity index (χ1) is 13.6. The van der Waals surface area contributed by atoms with E-state index in [0.29, 0.717) is 6.54 Å². The Hall–Kier alpha value is -2.97. The van der Waals surface area contributed by atoms with E-state index in [4.69, 9.17) is 12.2 Å². The Bertz CT molecular complexity index is 1030. The molecule has 2 heterocycles. The lowest BCUT2D eigenvalue weighted by atomic mass is 10.0. The molecular formula is C23H23N3OS. The van der Waals surface area contributed by atoms with Gasteiger partial charge in [-0.2, -0.15) is 0 Å². The number of amides is 1. The van der Waals surface area contributed by atoms with Crippen LogP contribution in [0.3, 0.4) is 0 Å². The van der Waals surface area contributed by atoms with Crippen LogP contribution in [-0.2, 0) is 11.2 Å². The van der Waals surface area contributed by atoms with E-state index in [-0.39, 0.29) is 5.91 Å². The highest BCUT2D eigenvalue weighted by Gasteiger charge is 2.05. The molecule has 0 atom stereocenters. The summed E-state index contributed by atoms with van der Waals surface area (Å²) in [6, 6.07) is 11.9. The van der Waals surface area contributed by atoms with Crippen molar-refractivity contribution in [3.8, 4) is 11.8 Å². The number of aryl methyl sites for hydroxylation is 2. The SMILES string of the molecule is Cc1ccc(C#CC(=O)NCCCC(=S)CCc2ccnc3[nH]ccc23)cc1. The first-order valence-electron chi connectivity index (χ1n) is 9.41. The maximum atomic E-state index is 11.8. The van der Waals surface area contributed by atoms with E-state index >= 15 is 0 Å². The van der Waals surface area contributed by atoms with E-state index in [9.17, 15) is 4.79 Å². The molecule has 0 unspecified atom stereocenters. The first kappa shape index (κ1) is 19.8. The van der Waals surface area contributed by atoms with Crippen LogP contribution in [0.2, 0.25) is 0 Å². The van der Waals surface area contributed by atoms with Crippen LogP contribution < -0.4 is 5.32 Å². The topological polar surface area (TPSA) is 57.8 Å². The van der Waals surface area contributed by atoms with Crippen molar-refractivity contribution >= 4 is 34.0 Å². The fourth-order valence-electron chi connectivity index (χ4n) is 2.93. The molecule has 0 aliphatic heterocycles. The molecule has 0 saturated carbocycles. The van der Waals surface area contributed by atoms with Crippen molar-refractivity contribution in [1.82, 2.24) is 15.3 Å². The summed E-state index contributed by atoms with van der Waals surface area (Å²) < 4.78 is 0. The standard InChI is InChI=1S/C23H23N3OS/c1-17-4-6-18(7-5-17)8-11-22(27)24-14-2-3-20(28)10-9-19-12-15-25-23-21(19)13-16-26-23/h4-7,12-13,15-16H,2-3,9-10,14H2,1H3,(H,24,27)(H,25,26). The zero-order chi connectivity index (χ0) is 19.8. The van der Waals surface area contributed by atoms with Gasteiger partial charge >= 0.3 is 0 Å². The van der Waals surface area contributed by atoms with Gasteiger partial charge in [-0.15, -0.1) is 0 Å². The van der Waals surface area contributed by atoms with Gasteiger partial charge in [-0.25, -0.2) is 4.98 Å². The van der Waals surface area contributed by atoms with Crippen LogP contribution in [-0.4, -0.2) is 27.3 Å². The molecule has 5 heteroatoms. The summed E-state index contributed by atoms with van der Waals surface area (Å²) in [5, 5.41) is 3.99. The van der Waals surface area contributed by atoms with Crippen LogP contribution in [0.5, 0.6) is 0 Å². The van der Waals surface area contributed by atoms with E-state index in [1.54, 1.807) is 0 Å². The highest BCUT2D eigenvalue weighted by Crippen LogP contribution is 2.17. The van der Waals surface area contributed by atoms with Gasteiger partial charge in [0, 0.05) is 35.8 Å². The predicted octanol–water partition coefficient (Wildman–Crippen LogP) is 4.12. The maximum absolute atomic E-state index is 11.8. The maximum Gasteiger partial charge on any atom is 0.296 e. The Morgan fingerprint density at radius 3 is 2.82 bits per heavy atom. The number of thiocarbonyl (C=S) groups is 1. The molecule has 1 aromatic carbocycles. The molecular weight excluding hydrogens is 366 g/mol. The average molecular weight is 390 g/mol. The molecule has 28 heavy (non-hydrogen) atoms. The molecule has 0 aliphatic rings. The van der Waals surface area contributed by atoms with E-state index in [2.05, 4.69) is 27.1 Å². The van der Waals surface area contributed by atoms with Gasteiger partial charge in [-0.1, -0.05) is 35.8 Å². The number of nitrogens with one attached hydrogen (secondary N) is 2. The molecule has 3 rings (SSSR count). The molecule has 142 valence electrons. The zero-order valence-electron chi connectivity index (χ0n) is 15.9. The lowest BCUT2D eigenvalue weighted by Gasteiger charge is -2.06. The molecule has 2 N–H and O–H groups in total. The van der Waals surface area contributed by atoms with Crippen LogP contribution in [0.1, 0.15) is 36.0 Å². The van der Waals surface area contributed by atoms with Crippen LogP contribution in [0, 0.1) is 18.8 Å². The van der Waals surface area contributed by atoms with Gasteiger partial charge in [0.05, 0.1) is 0 Å². The summed E-state index contributed by atoms with van der Waals surface area (Å²) in [5.74, 6) is 5.25. The number of carbonyl (C=O) groups is 1. The van der Waals surface area contributed by atoms with Crippen molar-refractivity contribution in [2.75, 3.05) is 6.54 Å². The normalized spacial score (nSPS) is 10.3. The molecule has 0 aliphatic carbocycles. The number of carbonyl (C=O) groups excluding carboxylic acids is 1. The van der Waals surface area contributed by atoms with Crippen molar-refractivity contribution in [3.63, 3.8) is 0 Å². The Balaban J connectivity index is 1.36. The van der Waals surface area contributed by atoms with E-state index < -0.39 is 0 Å². The lowest BCUT2D eigenvalue weighted by molar-refractivity contribution is -0.115. The smallest absolute Gasteiger partial charge is 0.296 e. The second-order valence-electron chi connectivity index (χ2n) is 6.72. The molecule has 4 nitrogen and oxygen atoms in total. The fraction of sp³-hybridized carbons (Fsp3) is 0.261. The summed E-state index contributed by atoms with van der Waals surface area (Å²) >= 11 is 5.50. The second-order valence-corrected chi connectivity index (χ2v) is 7.30. The van der Waals surface area contributed by atoms with Gasteiger partial charge in [-0.3, -0.25) is 4.79 Å². The summed E-state index contributed by atoms with van der Waals surface area (Å²) in [6.07, 6.45) is 7.15. The van der Waals surface area contributed by atoms with Crippen molar-refractivity contribution in [1.29, 1.82) is 0 Å². The van der Waals surface area contributed by atoms with Crippen molar-refractivity contribution in [3.05, 3.63) is 65.5 Å². The Labute approximate surface area is 170 Å². The van der Waals surface area contributed by atoms with E-state index in [0.717, 1.165) is 47.1 Å². The van der Waals surface area contributed by atoms with Gasteiger partial charge in [0.1, 0.15) is 5.65 Å². The third-order valence-corrected chi connectivity index (χ3v) is 4.92. The first-order valence-corrected chi connectivity index (χ1v) is 9.82. The molecule has 0 saturated heterocycles. The third kappa shape index (κ3) is 5.77. The van der Waals surface area contributed by atoms with Gasteiger partial charge in [0.25, 0.3) is 5.91 Å². The quantitative estimate of drug-likeness (QED) is 0.363. The average Bonchev–Trinajstić information content (AvgIpc) is 3.18. The summed E-state index contributed by atoms with van der Waals surface area (Å²) in [6.45, 7) is 2.60. The monoisotopic (exact) mass is 389 g/mol. The molecule has 1 amide bonds. The number of H-pyrrole nitrogens is 1. The molecule has 0 radical (unpaired) electrons. The van der Waals surface area contributed by atoms with Gasteiger partial charge in [-0.05, 0) is 67.3 Å². The molecule has 0 spiro atoms. The highest BCUT2D eigenvalue weighted by molar-refractivity contribution is 7.80. The summed E-state index contributed by atoms with van der Waals surface area (Å²) in [4.78, 5) is 20.3. The summed E-state index contributed by atoms with van der Waals surface area (Å²) in [5.41, 5.74) is 4.19. The Morgan fingerprint density at radius 1 is 1.18 bits per heavy atom. The minimum Gasteiger partial charge on any atom is -0.346 e. The third-order valence-electron chi connectivity index (χ3n) is 4.51. The highest BCUT2D eigenvalue weighted by atomic mass is 32.1. The van der Waals surface area contributed by atoms with Crippen molar-refractivity contribution in [2.24, 2.45) is 0 Å². The van der Waals surface area contributed by atoms with Crippen LogP contribution in [0.4, 0.5) is 0 Å². The van der Waals surface area contributed by atoms with E-state index in [1.807, 2.05) is 55.7 Å². The Morgan fingerprint density at radius 2 is 2.00 bits per heavy atom. The number of benzene rings is 1. The van der Waals surface area contributed by atoms with Crippen LogP contribution in [0.15, 0.2) is 48.8 Å². The number of pyridine rings is 1. The van der Waals surface area contributed by atoms with Crippen molar-refractivity contribution in [2.45, 2.75) is 32.6 Å². The van der Waals surface area contributed by atoms with Gasteiger partial charge < -0.3 is 10.3 Å². The second kappa shape index (κ2) is 9.82. The molecule has 0 bridgehead atoms. The number of aromatic nitrogens is 2. The number of fused-ring (bicyclic) bond motifs is 1.